The highest BCUT2D eigenvalue weighted by atomic mass is 16.8. The Morgan fingerprint density at radius 3 is 2.17 bits per heavy atom. The van der Waals surface area contributed by atoms with Crippen molar-refractivity contribution in [3.63, 3.8) is 0 Å². The van der Waals surface area contributed by atoms with Crippen LogP contribution in [-0.2, 0) is 6.54 Å². The van der Waals surface area contributed by atoms with Gasteiger partial charge >= 0.3 is 0 Å². The number of anilines is 1. The van der Waals surface area contributed by atoms with Gasteiger partial charge in [-0.25, -0.2) is 0 Å². The number of piperazine rings is 3. The van der Waals surface area contributed by atoms with E-state index in [-0.39, 0.29) is 5.23 Å². The first-order valence-electron chi connectivity index (χ1n) is 6.49. The summed E-state index contributed by atoms with van der Waals surface area (Å²) < 4.78 is 1.18. The Balaban J connectivity index is 1.72. The Hall–Kier alpha value is -1.14. The number of nitrogens with zero attached hydrogens (tertiary/aromatic N) is 3. The Bertz CT molecular complexity index is 397. The second-order valence-electron chi connectivity index (χ2n) is 5.45. The van der Waals surface area contributed by atoms with E-state index in [1.54, 1.807) is 12.1 Å². The maximum atomic E-state index is 10.7. The van der Waals surface area contributed by atoms with Crippen molar-refractivity contribution in [3.8, 4) is 0 Å². The predicted molar refractivity (Wildman–Crippen MR) is 69.1 cm³/mol. The first-order valence-corrected chi connectivity index (χ1v) is 6.49. The zero-order valence-corrected chi connectivity index (χ0v) is 10.5. The van der Waals surface area contributed by atoms with Crippen LogP contribution in [0.15, 0.2) is 24.3 Å². The summed E-state index contributed by atoms with van der Waals surface area (Å²) in [6.45, 7) is 8.37. The fraction of sp³-hybridized carbons (Fsp3) is 0.538. The molecule has 3 aliphatic rings. The molecule has 1 aromatic carbocycles. The Morgan fingerprint density at radius 1 is 1.11 bits per heavy atom. The first-order chi connectivity index (χ1) is 8.67. The quantitative estimate of drug-likeness (QED) is 0.642. The van der Waals surface area contributed by atoms with Gasteiger partial charge < -0.3 is 14.9 Å². The van der Waals surface area contributed by atoms with Crippen LogP contribution in [0, 0.1) is 5.21 Å². The van der Waals surface area contributed by atoms with E-state index in [0.29, 0.717) is 5.69 Å². The van der Waals surface area contributed by atoms with Gasteiger partial charge in [-0.2, -0.15) is 0 Å². The third-order valence-corrected chi connectivity index (χ3v) is 4.35. The second-order valence-corrected chi connectivity index (χ2v) is 5.45. The molecule has 3 saturated heterocycles. The van der Waals surface area contributed by atoms with Crippen LogP contribution in [0.2, 0.25) is 0 Å². The van der Waals surface area contributed by atoms with E-state index in [4.69, 9.17) is 5.21 Å². The van der Waals surface area contributed by atoms with Gasteiger partial charge in [0.2, 0.25) is 0 Å². The minimum absolute atomic E-state index is 0.0873. The smallest absolute Gasteiger partial charge is 0.104 e. The maximum absolute atomic E-state index is 10.7. The van der Waals surface area contributed by atoms with Gasteiger partial charge in [-0.3, -0.25) is 10.1 Å². The summed E-state index contributed by atoms with van der Waals surface area (Å²) in [5, 5.41) is 19.5. The number of benzene rings is 1. The molecule has 1 aromatic rings. The van der Waals surface area contributed by atoms with Gasteiger partial charge in [0.15, 0.2) is 0 Å². The standard InChI is InChI=1S/C13H19N3O2/c17-15(18)13-3-1-12(2-4-13)11-16-8-5-14(6-9-16)7-10-16/h1-4,17H,5-11H2. The molecule has 5 nitrogen and oxygen atoms in total. The van der Waals surface area contributed by atoms with Crippen molar-refractivity contribution in [2.45, 2.75) is 6.54 Å². The van der Waals surface area contributed by atoms with E-state index in [1.807, 2.05) is 12.1 Å². The predicted octanol–water partition coefficient (Wildman–Crippen LogP) is 1.03. The van der Waals surface area contributed by atoms with Gasteiger partial charge in [-0.15, -0.1) is 0 Å². The summed E-state index contributed by atoms with van der Waals surface area (Å²) in [6, 6.07) is 7.26. The van der Waals surface area contributed by atoms with Gasteiger partial charge in [0.25, 0.3) is 0 Å². The monoisotopic (exact) mass is 249 g/mol. The average molecular weight is 249 g/mol. The summed E-state index contributed by atoms with van der Waals surface area (Å²) in [6.07, 6.45) is 0. The van der Waals surface area contributed by atoms with Crippen LogP contribution >= 0.6 is 0 Å². The molecule has 0 aliphatic carbocycles. The van der Waals surface area contributed by atoms with Crippen LogP contribution in [0.5, 0.6) is 0 Å². The molecule has 0 atom stereocenters. The van der Waals surface area contributed by atoms with E-state index in [2.05, 4.69) is 4.90 Å². The Kier molecular flexibility index (Phi) is 2.99. The molecule has 2 bridgehead atoms. The van der Waals surface area contributed by atoms with E-state index < -0.39 is 0 Å². The zero-order valence-electron chi connectivity index (χ0n) is 10.5. The summed E-state index contributed by atoms with van der Waals surface area (Å²) in [5.41, 5.74) is 1.54. The highest BCUT2D eigenvalue weighted by Crippen LogP contribution is 2.24. The third-order valence-electron chi connectivity index (χ3n) is 4.35. The topological polar surface area (TPSA) is 49.8 Å². The van der Waals surface area contributed by atoms with Gasteiger partial charge in [-0.1, -0.05) is 12.1 Å². The molecule has 3 heterocycles. The molecule has 18 heavy (non-hydrogen) atoms. The summed E-state index contributed by atoms with van der Waals surface area (Å²) >= 11 is 0. The van der Waals surface area contributed by atoms with E-state index in [1.165, 1.54) is 49.3 Å². The molecule has 0 amide bonds. The fourth-order valence-electron chi connectivity index (χ4n) is 3.08. The lowest BCUT2D eigenvalue weighted by molar-refractivity contribution is -0.953. The SMILES string of the molecule is [O-]N(O)c1ccc(C[N+]23CCN(CC2)CC3)cc1. The van der Waals surface area contributed by atoms with E-state index in [0.717, 1.165) is 6.54 Å². The van der Waals surface area contributed by atoms with Crippen molar-refractivity contribution < 1.29 is 9.69 Å². The van der Waals surface area contributed by atoms with E-state index in [9.17, 15) is 5.21 Å². The number of fused-ring (bicyclic) bond motifs is 3. The van der Waals surface area contributed by atoms with Crippen molar-refractivity contribution in [2.24, 2.45) is 0 Å². The third kappa shape index (κ3) is 2.22. The lowest BCUT2D eigenvalue weighted by Crippen LogP contribution is -2.66. The van der Waals surface area contributed by atoms with Crippen LogP contribution in [-0.4, -0.2) is 53.9 Å². The van der Waals surface area contributed by atoms with Gasteiger partial charge in [0.1, 0.15) is 6.54 Å². The molecule has 1 N–H and O–H groups in total. The van der Waals surface area contributed by atoms with Crippen molar-refractivity contribution in [1.82, 2.24) is 4.90 Å². The van der Waals surface area contributed by atoms with Gasteiger partial charge in [0.05, 0.1) is 25.3 Å². The average Bonchev–Trinajstić information content (AvgIpc) is 2.41. The second kappa shape index (κ2) is 4.51. The fourth-order valence-corrected chi connectivity index (χ4v) is 3.08. The number of hydrogen-bond donors (Lipinski definition) is 1. The minimum atomic E-state index is -0.0873. The highest BCUT2D eigenvalue weighted by Gasteiger charge is 2.38. The molecule has 3 aliphatic heterocycles. The summed E-state index contributed by atoms with van der Waals surface area (Å²) in [7, 11) is 0. The largest absolute Gasteiger partial charge is 0.733 e. The van der Waals surface area contributed by atoms with Crippen molar-refractivity contribution >= 4 is 5.69 Å². The number of hydrogen-bond acceptors (Lipinski definition) is 4. The Labute approximate surface area is 107 Å². The van der Waals surface area contributed by atoms with E-state index >= 15 is 0 Å². The molecule has 5 heteroatoms. The molecule has 4 rings (SSSR count). The lowest BCUT2D eigenvalue weighted by Gasteiger charge is -2.50. The summed E-state index contributed by atoms with van der Waals surface area (Å²) in [5.74, 6) is 0. The van der Waals surface area contributed by atoms with Crippen LogP contribution in [0.4, 0.5) is 5.69 Å². The summed E-state index contributed by atoms with van der Waals surface area (Å²) in [4.78, 5) is 2.53. The van der Waals surface area contributed by atoms with Crippen molar-refractivity contribution in [3.05, 3.63) is 35.0 Å². The molecule has 3 fully saturated rings. The molecular formula is C13H19N3O2. The van der Waals surface area contributed by atoms with Gasteiger partial charge in [-0.05, 0) is 12.1 Å². The van der Waals surface area contributed by atoms with Crippen LogP contribution < -0.4 is 5.23 Å². The first kappa shape index (κ1) is 11.9. The normalized spacial score (nSPS) is 30.4. The van der Waals surface area contributed by atoms with Crippen molar-refractivity contribution in [1.29, 1.82) is 0 Å². The number of quaternary nitrogens is 1. The minimum Gasteiger partial charge on any atom is -0.733 e. The van der Waals surface area contributed by atoms with Crippen molar-refractivity contribution in [2.75, 3.05) is 44.5 Å². The molecule has 0 aromatic heterocycles. The van der Waals surface area contributed by atoms with Crippen LogP contribution in [0.1, 0.15) is 5.56 Å². The van der Waals surface area contributed by atoms with Crippen LogP contribution in [0.25, 0.3) is 0 Å². The molecule has 0 saturated carbocycles. The molecule has 98 valence electrons. The zero-order chi connectivity index (χ0) is 12.6. The highest BCUT2D eigenvalue weighted by molar-refractivity contribution is 5.45. The number of rotatable bonds is 3. The van der Waals surface area contributed by atoms with Gasteiger partial charge in [0, 0.05) is 25.2 Å². The molecule has 0 spiro atoms. The molecule has 0 unspecified atom stereocenters. The lowest BCUT2D eigenvalue weighted by atomic mass is 10.1. The maximum Gasteiger partial charge on any atom is 0.104 e. The Morgan fingerprint density at radius 2 is 1.67 bits per heavy atom. The molecular weight excluding hydrogens is 230 g/mol. The molecule has 0 radical (unpaired) electrons. The van der Waals surface area contributed by atoms with Crippen LogP contribution in [0.3, 0.4) is 0 Å².